The molecule has 19 heteroatoms. The Morgan fingerprint density at radius 1 is 0.327 bits per heavy atom. The number of hydrogen-bond donors (Lipinski definition) is 12. The fourth-order valence-electron chi connectivity index (χ4n) is 14.6. The van der Waals surface area contributed by atoms with Gasteiger partial charge in [-0.05, 0) is 96.3 Å². The normalized spacial score (nSPS) is 25.4. The van der Waals surface area contributed by atoms with Gasteiger partial charge >= 0.3 is 0 Å². The fourth-order valence-corrected chi connectivity index (χ4v) is 14.6. The van der Waals surface area contributed by atoms with Crippen molar-refractivity contribution in [2.45, 2.75) is 439 Å². The summed E-state index contributed by atoms with van der Waals surface area (Å²) in [6.45, 7) is 1.64. The number of rotatable bonds is 72. The molecule has 3 rings (SSSR count). The summed E-state index contributed by atoms with van der Waals surface area (Å²) in [5.41, 5.74) is 0. The van der Waals surface area contributed by atoms with Crippen molar-refractivity contribution in [3.8, 4) is 0 Å². The number of hydrogen-bond acceptors (Lipinski definition) is 18. The third-order valence-corrected chi connectivity index (χ3v) is 21.7. The van der Waals surface area contributed by atoms with Crippen LogP contribution < -0.4 is 5.32 Å². The van der Waals surface area contributed by atoms with Crippen LogP contribution in [0.1, 0.15) is 335 Å². The van der Waals surface area contributed by atoms with E-state index in [0.29, 0.717) is 12.8 Å². The number of unbranched alkanes of at least 4 members (excludes halogenated alkanes) is 38. The van der Waals surface area contributed by atoms with E-state index >= 15 is 0 Å². The zero-order valence-corrected chi connectivity index (χ0v) is 70.3. The Morgan fingerprint density at radius 3 is 0.991 bits per heavy atom. The van der Waals surface area contributed by atoms with Crippen LogP contribution in [-0.4, -0.2) is 193 Å². The van der Waals surface area contributed by atoms with Crippen LogP contribution in [0.4, 0.5) is 0 Å². The molecule has 19 nitrogen and oxygen atoms in total. The first kappa shape index (κ1) is 103. The second kappa shape index (κ2) is 72.2. The molecule has 3 aliphatic rings. The quantitative estimate of drug-likeness (QED) is 0.0199. The minimum atomic E-state index is -1.99. The van der Waals surface area contributed by atoms with Crippen LogP contribution in [-0.2, 0) is 33.2 Å². The lowest BCUT2D eigenvalue weighted by Gasteiger charge is -2.48. The van der Waals surface area contributed by atoms with Crippen molar-refractivity contribution < 1.29 is 89.4 Å². The van der Waals surface area contributed by atoms with Crippen molar-refractivity contribution >= 4 is 5.91 Å². The van der Waals surface area contributed by atoms with Crippen LogP contribution >= 0.6 is 0 Å². The van der Waals surface area contributed by atoms with Crippen LogP contribution in [0.3, 0.4) is 0 Å². The average Bonchev–Trinajstić information content (AvgIpc) is 0.780. The summed E-state index contributed by atoms with van der Waals surface area (Å²) in [4.78, 5) is 13.5. The first-order valence-corrected chi connectivity index (χ1v) is 45.3. The first-order valence-electron chi connectivity index (χ1n) is 45.3. The summed E-state index contributed by atoms with van der Waals surface area (Å²) in [5.74, 6) is -0.286. The van der Waals surface area contributed by atoms with Crippen molar-refractivity contribution in [3.63, 3.8) is 0 Å². The van der Waals surface area contributed by atoms with Crippen LogP contribution in [0.25, 0.3) is 0 Å². The van der Waals surface area contributed by atoms with Gasteiger partial charge in [0.1, 0.15) is 73.2 Å². The van der Waals surface area contributed by atoms with Gasteiger partial charge < -0.3 is 89.9 Å². The molecule has 0 aliphatic carbocycles. The Balaban J connectivity index is 1.33. The largest absolute Gasteiger partial charge is 0.394 e. The van der Waals surface area contributed by atoms with Crippen molar-refractivity contribution in [3.05, 3.63) is 122 Å². The van der Waals surface area contributed by atoms with Gasteiger partial charge in [-0.3, -0.25) is 4.79 Å². The van der Waals surface area contributed by atoms with Gasteiger partial charge in [0, 0.05) is 6.42 Å². The number of allylic oxidation sites excluding steroid dienone is 19. The Bertz CT molecular complexity index is 2510. The predicted molar refractivity (Wildman–Crippen MR) is 457 cm³/mol. The molecule has 17 atom stereocenters. The fraction of sp³-hybridized carbons (Fsp3) is 0.777. The zero-order valence-electron chi connectivity index (χ0n) is 70.3. The van der Waals surface area contributed by atoms with E-state index in [-0.39, 0.29) is 18.9 Å². The number of amides is 1. The second-order valence-corrected chi connectivity index (χ2v) is 31.7. The maximum Gasteiger partial charge on any atom is 0.220 e. The highest BCUT2D eigenvalue weighted by Crippen LogP contribution is 2.33. The van der Waals surface area contributed by atoms with Gasteiger partial charge in [0.25, 0.3) is 0 Å². The Hall–Kier alpha value is -3.81. The van der Waals surface area contributed by atoms with Crippen LogP contribution in [0.2, 0.25) is 0 Å². The minimum absolute atomic E-state index is 0.229. The first-order chi connectivity index (χ1) is 55.3. The molecule has 0 aromatic heterocycles. The molecule has 0 saturated carbocycles. The molecule has 3 fully saturated rings. The molecule has 1 amide bonds. The molecule has 0 spiro atoms. The van der Waals surface area contributed by atoms with Crippen LogP contribution in [0.5, 0.6) is 0 Å². The van der Waals surface area contributed by atoms with Gasteiger partial charge in [0.05, 0.1) is 38.6 Å². The summed E-state index contributed by atoms with van der Waals surface area (Å²) in [6, 6.07) is -1.000. The maximum absolute atomic E-state index is 13.5. The van der Waals surface area contributed by atoms with E-state index in [1.165, 1.54) is 199 Å². The SMILES string of the molecule is CC/C=C\C/C=C\C/C=C\C/C=C\C/C=C\C/C=C\C/C=C\C/C=C\CCCCCCCCCCCCCCCCC(=O)NC(COC1OC(CO)C(OC2OC(CO)C(OC3OC(CO)C(O)C(O)C3O)C(O)C2O)C(O)C1O)C(O)/C=C/CC/C=C/CCCCCCCCCCCCCCCCCCCCCCCCC. The third kappa shape index (κ3) is 50.7. The van der Waals surface area contributed by atoms with Crippen molar-refractivity contribution in [1.29, 1.82) is 0 Å². The molecule has 652 valence electrons. The lowest BCUT2D eigenvalue weighted by molar-refractivity contribution is -0.379. The molecule has 3 aliphatic heterocycles. The van der Waals surface area contributed by atoms with E-state index in [2.05, 4.69) is 129 Å². The van der Waals surface area contributed by atoms with Gasteiger partial charge in [-0.2, -0.15) is 0 Å². The molecule has 0 aromatic carbocycles. The number of carbonyl (C=O) groups is 1. The van der Waals surface area contributed by atoms with Crippen LogP contribution in [0, 0.1) is 0 Å². The molecule has 3 heterocycles. The topological polar surface area (TPSA) is 307 Å². The smallest absolute Gasteiger partial charge is 0.220 e. The van der Waals surface area contributed by atoms with Crippen molar-refractivity contribution in [2.75, 3.05) is 26.4 Å². The summed E-state index contributed by atoms with van der Waals surface area (Å²) in [5, 5.41) is 121. The molecule has 0 radical (unpaired) electrons. The predicted octanol–water partition coefficient (Wildman–Crippen LogP) is 17.4. The average molecular weight is 1600 g/mol. The van der Waals surface area contributed by atoms with Crippen molar-refractivity contribution in [2.24, 2.45) is 0 Å². The Kier molecular flexibility index (Phi) is 66.1. The van der Waals surface area contributed by atoms with Gasteiger partial charge in [-0.25, -0.2) is 0 Å². The minimum Gasteiger partial charge on any atom is -0.394 e. The number of carbonyl (C=O) groups excluding carboxylic acids is 1. The highest BCUT2D eigenvalue weighted by molar-refractivity contribution is 5.76. The van der Waals surface area contributed by atoms with Gasteiger partial charge in [-0.15, -0.1) is 0 Å². The second-order valence-electron chi connectivity index (χ2n) is 31.7. The summed E-state index contributed by atoms with van der Waals surface area (Å²) in [7, 11) is 0. The molecule has 3 saturated heterocycles. The lowest BCUT2D eigenvalue weighted by Crippen LogP contribution is -2.66. The van der Waals surface area contributed by atoms with E-state index in [1.54, 1.807) is 6.08 Å². The van der Waals surface area contributed by atoms with E-state index in [1.807, 2.05) is 6.08 Å². The number of nitrogens with one attached hydrogen (secondary N) is 1. The molecular formula is C94H163NO18. The molecule has 0 bridgehead atoms. The van der Waals surface area contributed by atoms with Gasteiger partial charge in [0.15, 0.2) is 18.9 Å². The summed E-state index contributed by atoms with van der Waals surface area (Å²) in [6.07, 6.45) is 76.3. The number of ether oxygens (including phenoxy) is 6. The highest BCUT2D eigenvalue weighted by Gasteiger charge is 2.54. The van der Waals surface area contributed by atoms with E-state index in [9.17, 15) is 61.0 Å². The molecule has 0 aromatic rings. The van der Waals surface area contributed by atoms with Gasteiger partial charge in [0.2, 0.25) is 5.91 Å². The monoisotopic (exact) mass is 1590 g/mol. The standard InChI is InChI=1S/C94H163NO18/c1-3-5-7-9-11-13-15-17-19-21-23-25-27-29-31-33-34-35-36-37-38-39-40-41-42-44-46-48-50-52-54-56-58-60-62-64-66-68-70-72-82(100)95-77(78(99)71-69-67-65-63-61-59-57-55-53-51-49-47-45-43-32-30-28-26-24-22-20-18-16-14-12-10-8-6-4-2)76-108-92-88(106)85(103)90(80(74-97)110-92)113-94-89(107)86(104)91(81(75-98)111-94)112-93-87(105)84(102)83(101)79(73-96)109-93/h5,7,11,13,17,19,23,25,29,31,34-35,37-38,40-41,61,63,69,71,77-81,83-94,96-99,101-107H,3-4,6,8-10,12,14-16,18,20-22,24,26-28,30,32-33,36,39,42-60,62,64-68,70,72-76H2,1-2H3,(H,95,100)/b7-5-,13-11-,19-17-,25-23-,31-29-,35-34-,38-37-,41-40-,63-61+,71-69+. The summed E-state index contributed by atoms with van der Waals surface area (Å²) >= 11 is 0. The zero-order chi connectivity index (χ0) is 81.7. The van der Waals surface area contributed by atoms with Crippen LogP contribution in [0.15, 0.2) is 122 Å². The Morgan fingerprint density at radius 2 is 0.619 bits per heavy atom. The van der Waals surface area contributed by atoms with Gasteiger partial charge in [-0.1, -0.05) is 354 Å². The maximum atomic E-state index is 13.5. The molecule has 113 heavy (non-hydrogen) atoms. The number of aliphatic hydroxyl groups is 11. The van der Waals surface area contributed by atoms with E-state index < -0.39 is 124 Å². The highest BCUT2D eigenvalue weighted by atomic mass is 16.8. The molecule has 12 N–H and O–H groups in total. The summed E-state index contributed by atoms with van der Waals surface area (Å²) < 4.78 is 34.5. The third-order valence-electron chi connectivity index (χ3n) is 21.7. The van der Waals surface area contributed by atoms with E-state index in [4.69, 9.17) is 28.4 Å². The number of aliphatic hydroxyl groups excluding tert-OH is 11. The Labute approximate surface area is 684 Å². The van der Waals surface area contributed by atoms with Crippen molar-refractivity contribution in [1.82, 2.24) is 5.32 Å². The lowest BCUT2D eigenvalue weighted by atomic mass is 9.96. The molecular weight excluding hydrogens is 1430 g/mol. The molecule has 17 unspecified atom stereocenters. The van der Waals surface area contributed by atoms with E-state index in [0.717, 1.165) is 103 Å².